The van der Waals surface area contributed by atoms with Crippen molar-refractivity contribution in [1.82, 2.24) is 0 Å². The van der Waals surface area contributed by atoms with E-state index in [0.29, 0.717) is 11.4 Å². The van der Waals surface area contributed by atoms with Crippen molar-refractivity contribution in [1.29, 1.82) is 0 Å². The Balaban J connectivity index is 0.000000593. The average molecular weight is 312 g/mol. The Morgan fingerprint density at radius 2 is 1.04 bits per heavy atom. The van der Waals surface area contributed by atoms with Crippen molar-refractivity contribution < 1.29 is 19.8 Å². The molecule has 0 aliphatic carbocycles. The zero-order chi connectivity index (χ0) is 16.9. The molecule has 6 nitrogen and oxygen atoms in total. The van der Waals surface area contributed by atoms with E-state index in [0.717, 1.165) is 17.5 Å². The SMILES string of the molecule is O=C=Nc1ccc(Cc2ccc(N=C=O)cc2)cc1.OCCO. The topological polar surface area (TPSA) is 99.3 Å². The molecule has 23 heavy (non-hydrogen) atoms. The van der Waals surface area contributed by atoms with Crippen LogP contribution in [0.2, 0.25) is 0 Å². The van der Waals surface area contributed by atoms with Crippen LogP contribution >= 0.6 is 0 Å². The fraction of sp³-hybridized carbons (Fsp3) is 0.176. The Hall–Kier alpha value is -2.88. The van der Waals surface area contributed by atoms with E-state index in [4.69, 9.17) is 10.2 Å². The second-order valence-corrected chi connectivity index (χ2v) is 4.36. The molecule has 0 radical (unpaired) electrons. The molecular weight excluding hydrogens is 296 g/mol. The van der Waals surface area contributed by atoms with E-state index < -0.39 is 0 Å². The quantitative estimate of drug-likeness (QED) is 0.653. The minimum Gasteiger partial charge on any atom is -0.394 e. The number of aliphatic hydroxyl groups excluding tert-OH is 2. The molecule has 0 heterocycles. The lowest BCUT2D eigenvalue weighted by Gasteiger charge is -2.02. The molecule has 2 aromatic carbocycles. The summed E-state index contributed by atoms with van der Waals surface area (Å²) >= 11 is 0. The lowest BCUT2D eigenvalue weighted by atomic mass is 10.0. The number of aliphatic imine (C=N–C) groups is 2. The van der Waals surface area contributed by atoms with Crippen molar-refractivity contribution in [3.8, 4) is 0 Å². The molecule has 118 valence electrons. The predicted molar refractivity (Wildman–Crippen MR) is 85.4 cm³/mol. The van der Waals surface area contributed by atoms with Gasteiger partial charge in [0.15, 0.2) is 0 Å². The van der Waals surface area contributed by atoms with Gasteiger partial charge < -0.3 is 10.2 Å². The molecule has 6 heteroatoms. The zero-order valence-corrected chi connectivity index (χ0v) is 12.3. The normalized spacial score (nSPS) is 8.96. The van der Waals surface area contributed by atoms with Crippen molar-refractivity contribution >= 4 is 23.5 Å². The predicted octanol–water partition coefficient (Wildman–Crippen LogP) is 2.18. The van der Waals surface area contributed by atoms with Crippen molar-refractivity contribution in [2.45, 2.75) is 6.42 Å². The van der Waals surface area contributed by atoms with Gasteiger partial charge in [0.2, 0.25) is 12.2 Å². The molecule has 2 N–H and O–H groups in total. The van der Waals surface area contributed by atoms with E-state index in [1.54, 1.807) is 24.3 Å². The lowest BCUT2D eigenvalue weighted by Crippen LogP contribution is -1.86. The first-order valence-corrected chi connectivity index (χ1v) is 6.78. The van der Waals surface area contributed by atoms with Crippen LogP contribution in [-0.4, -0.2) is 35.6 Å². The molecule has 0 aliphatic rings. The summed E-state index contributed by atoms with van der Waals surface area (Å²) in [6.45, 7) is -0.250. The van der Waals surface area contributed by atoms with Gasteiger partial charge in [-0.1, -0.05) is 24.3 Å². The lowest BCUT2D eigenvalue weighted by molar-refractivity contribution is 0.186. The van der Waals surface area contributed by atoms with E-state index in [-0.39, 0.29) is 13.2 Å². The maximum Gasteiger partial charge on any atom is 0.240 e. The highest BCUT2D eigenvalue weighted by Gasteiger charge is 1.97. The minimum atomic E-state index is -0.125. The van der Waals surface area contributed by atoms with Crippen LogP contribution in [0.4, 0.5) is 11.4 Å². The van der Waals surface area contributed by atoms with Crippen molar-refractivity contribution in [3.63, 3.8) is 0 Å². The molecule has 0 bridgehead atoms. The first-order valence-electron chi connectivity index (χ1n) is 6.78. The van der Waals surface area contributed by atoms with Gasteiger partial charge in [0.05, 0.1) is 24.6 Å². The summed E-state index contributed by atoms with van der Waals surface area (Å²) in [7, 11) is 0. The molecule has 0 spiro atoms. The van der Waals surface area contributed by atoms with Gasteiger partial charge in [0, 0.05) is 0 Å². The second-order valence-electron chi connectivity index (χ2n) is 4.36. The van der Waals surface area contributed by atoms with Crippen LogP contribution in [0.3, 0.4) is 0 Å². The summed E-state index contributed by atoms with van der Waals surface area (Å²) in [5.74, 6) is 0. The number of nitrogens with zero attached hydrogens (tertiary/aromatic N) is 2. The third kappa shape index (κ3) is 7.09. The number of aliphatic hydroxyl groups is 2. The molecule has 0 saturated carbocycles. The molecule has 0 fully saturated rings. The molecule has 0 aliphatic heterocycles. The molecule has 2 rings (SSSR count). The molecule has 0 aromatic heterocycles. The van der Waals surface area contributed by atoms with Crippen LogP contribution in [-0.2, 0) is 16.0 Å². The van der Waals surface area contributed by atoms with Gasteiger partial charge in [-0.15, -0.1) is 0 Å². The van der Waals surface area contributed by atoms with Gasteiger partial charge in [-0.05, 0) is 41.8 Å². The highest BCUT2D eigenvalue weighted by molar-refractivity contribution is 5.51. The van der Waals surface area contributed by atoms with E-state index in [9.17, 15) is 9.59 Å². The van der Waals surface area contributed by atoms with Gasteiger partial charge in [0.25, 0.3) is 0 Å². The van der Waals surface area contributed by atoms with Crippen LogP contribution < -0.4 is 0 Å². The highest BCUT2D eigenvalue weighted by Crippen LogP contribution is 2.17. The molecule has 2 aromatic rings. The van der Waals surface area contributed by atoms with Gasteiger partial charge in [-0.2, -0.15) is 9.98 Å². The summed E-state index contributed by atoms with van der Waals surface area (Å²) in [5, 5.41) is 15.2. The minimum absolute atomic E-state index is 0.125. The maximum atomic E-state index is 10.1. The largest absolute Gasteiger partial charge is 0.394 e. The number of benzene rings is 2. The Labute approximate surface area is 133 Å². The fourth-order valence-corrected chi connectivity index (χ4v) is 1.72. The Bertz CT molecular complexity index is 622. The molecule has 0 amide bonds. The zero-order valence-electron chi connectivity index (χ0n) is 12.3. The van der Waals surface area contributed by atoms with Crippen molar-refractivity contribution in [2.24, 2.45) is 9.98 Å². The van der Waals surface area contributed by atoms with Crippen LogP contribution in [0.1, 0.15) is 11.1 Å². The number of hydrogen-bond acceptors (Lipinski definition) is 6. The third-order valence-corrected chi connectivity index (χ3v) is 2.73. The number of hydrogen-bond donors (Lipinski definition) is 2. The van der Waals surface area contributed by atoms with Gasteiger partial charge in [0.1, 0.15) is 0 Å². The standard InChI is InChI=1S/C15H10N2O2.C2H6O2/c18-10-16-14-5-1-12(2-6-14)9-13-3-7-15(8-4-13)17-11-19;3-1-2-4/h1-8H,9H2;3-4H,1-2H2. The van der Waals surface area contributed by atoms with Gasteiger partial charge >= 0.3 is 0 Å². The first-order chi connectivity index (χ1) is 11.2. The molecule has 0 unspecified atom stereocenters. The van der Waals surface area contributed by atoms with Crippen molar-refractivity contribution in [2.75, 3.05) is 13.2 Å². The molecular formula is C17H16N2O4. The van der Waals surface area contributed by atoms with Crippen molar-refractivity contribution in [3.05, 3.63) is 59.7 Å². The monoisotopic (exact) mass is 312 g/mol. The Morgan fingerprint density at radius 1 is 0.696 bits per heavy atom. The first kappa shape index (κ1) is 18.2. The average Bonchev–Trinajstić information content (AvgIpc) is 2.59. The van der Waals surface area contributed by atoms with E-state index in [1.165, 1.54) is 12.2 Å². The summed E-state index contributed by atoms with van der Waals surface area (Å²) in [6, 6.07) is 14.7. The summed E-state index contributed by atoms with van der Waals surface area (Å²) in [5.41, 5.74) is 3.40. The van der Waals surface area contributed by atoms with Crippen LogP contribution in [0.5, 0.6) is 0 Å². The number of isocyanates is 2. The van der Waals surface area contributed by atoms with E-state index in [2.05, 4.69) is 9.98 Å². The molecule has 0 atom stereocenters. The fourth-order valence-electron chi connectivity index (χ4n) is 1.72. The van der Waals surface area contributed by atoms with E-state index >= 15 is 0 Å². The van der Waals surface area contributed by atoms with Crippen LogP contribution in [0, 0.1) is 0 Å². The maximum absolute atomic E-state index is 10.1. The highest BCUT2D eigenvalue weighted by atomic mass is 16.3. The number of carbonyl (C=O) groups excluding carboxylic acids is 2. The smallest absolute Gasteiger partial charge is 0.240 e. The number of rotatable bonds is 5. The van der Waals surface area contributed by atoms with Crippen LogP contribution in [0.25, 0.3) is 0 Å². The summed E-state index contributed by atoms with van der Waals surface area (Å²) in [4.78, 5) is 27.3. The van der Waals surface area contributed by atoms with Gasteiger partial charge in [-0.25, -0.2) is 9.59 Å². The summed E-state index contributed by atoms with van der Waals surface area (Å²) in [6.07, 6.45) is 3.77. The third-order valence-electron chi connectivity index (χ3n) is 2.73. The van der Waals surface area contributed by atoms with E-state index in [1.807, 2.05) is 24.3 Å². The van der Waals surface area contributed by atoms with Crippen LogP contribution in [0.15, 0.2) is 58.5 Å². The van der Waals surface area contributed by atoms with Gasteiger partial charge in [-0.3, -0.25) is 0 Å². The second kappa shape index (κ2) is 10.8. The Kier molecular flexibility index (Phi) is 8.52. The Morgan fingerprint density at radius 3 is 1.30 bits per heavy atom. The molecule has 0 saturated heterocycles. The summed E-state index contributed by atoms with van der Waals surface area (Å²) < 4.78 is 0.